The third-order valence-corrected chi connectivity index (χ3v) is 5.14. The Morgan fingerprint density at radius 1 is 1.32 bits per heavy atom. The topological polar surface area (TPSA) is 80.5 Å². The van der Waals surface area contributed by atoms with Gasteiger partial charge in [0.1, 0.15) is 4.90 Å². The van der Waals surface area contributed by atoms with Crippen LogP contribution in [0.15, 0.2) is 23.1 Å². The molecule has 5 nitrogen and oxygen atoms in total. The van der Waals surface area contributed by atoms with Gasteiger partial charge >= 0.3 is 0 Å². The van der Waals surface area contributed by atoms with Gasteiger partial charge in [-0.1, -0.05) is 0 Å². The molecule has 0 saturated heterocycles. The number of rotatable bonds is 3. The highest BCUT2D eigenvalue weighted by atomic mass is 32.2. The van der Waals surface area contributed by atoms with Crippen molar-refractivity contribution in [3.63, 3.8) is 0 Å². The second-order valence-corrected chi connectivity index (χ2v) is 6.99. The van der Waals surface area contributed by atoms with Crippen LogP contribution in [0.1, 0.15) is 16.6 Å². The SMILES string of the molecule is CC(=O)c1sc2ccc(N(C)C)cc2c1S(N)(=O)=O. The number of carbonyl (C=O) groups excluding carboxylic acids is 1. The Labute approximate surface area is 115 Å². The predicted molar refractivity (Wildman–Crippen MR) is 77.5 cm³/mol. The third kappa shape index (κ3) is 2.49. The lowest BCUT2D eigenvalue weighted by Gasteiger charge is -2.12. The van der Waals surface area contributed by atoms with Crippen LogP contribution in [0.5, 0.6) is 0 Å². The quantitative estimate of drug-likeness (QED) is 0.876. The number of primary sulfonamides is 1. The maximum atomic E-state index is 11.7. The molecule has 1 aromatic carbocycles. The summed E-state index contributed by atoms with van der Waals surface area (Å²) < 4.78 is 24.2. The minimum Gasteiger partial charge on any atom is -0.378 e. The van der Waals surface area contributed by atoms with Crippen molar-refractivity contribution in [2.75, 3.05) is 19.0 Å². The second kappa shape index (κ2) is 4.59. The first-order valence-corrected chi connectivity index (χ1v) is 7.85. The van der Waals surface area contributed by atoms with Crippen molar-refractivity contribution in [2.45, 2.75) is 11.8 Å². The molecule has 102 valence electrons. The molecule has 19 heavy (non-hydrogen) atoms. The van der Waals surface area contributed by atoms with Gasteiger partial charge in [-0.05, 0) is 25.1 Å². The van der Waals surface area contributed by atoms with Gasteiger partial charge in [-0.25, -0.2) is 13.6 Å². The summed E-state index contributed by atoms with van der Waals surface area (Å²) >= 11 is 1.15. The molecule has 0 atom stereocenters. The molecule has 0 unspecified atom stereocenters. The largest absolute Gasteiger partial charge is 0.378 e. The van der Waals surface area contributed by atoms with Gasteiger partial charge in [-0.15, -0.1) is 11.3 Å². The van der Waals surface area contributed by atoms with Crippen LogP contribution in [0.25, 0.3) is 10.1 Å². The van der Waals surface area contributed by atoms with Gasteiger partial charge in [0.25, 0.3) is 0 Å². The molecular weight excluding hydrogens is 284 g/mol. The molecule has 2 N–H and O–H groups in total. The molecule has 0 amide bonds. The number of nitrogens with zero attached hydrogens (tertiary/aromatic N) is 1. The highest BCUT2D eigenvalue weighted by molar-refractivity contribution is 7.89. The number of hydrogen-bond acceptors (Lipinski definition) is 5. The van der Waals surface area contributed by atoms with Gasteiger partial charge in [0, 0.05) is 29.9 Å². The van der Waals surface area contributed by atoms with Crippen molar-refractivity contribution in [1.82, 2.24) is 0 Å². The second-order valence-electron chi connectivity index (χ2n) is 4.44. The van der Waals surface area contributed by atoms with Gasteiger partial charge in [0.15, 0.2) is 5.78 Å². The molecular formula is C12H14N2O3S2. The van der Waals surface area contributed by atoms with Crippen molar-refractivity contribution in [2.24, 2.45) is 5.14 Å². The summed E-state index contributed by atoms with van der Waals surface area (Å²) in [5.74, 6) is -0.295. The molecule has 1 aromatic heterocycles. The standard InChI is InChI=1S/C12H14N2O3S2/c1-7(15)11-12(19(13,16)17)9-6-8(14(2)3)4-5-10(9)18-11/h4-6H,1-3H3,(H2,13,16,17). The number of sulfonamides is 1. The number of ketones is 1. The highest BCUT2D eigenvalue weighted by Crippen LogP contribution is 2.36. The van der Waals surface area contributed by atoms with Crippen LogP contribution < -0.4 is 10.0 Å². The van der Waals surface area contributed by atoms with Gasteiger partial charge in [-0.2, -0.15) is 0 Å². The van der Waals surface area contributed by atoms with Crippen LogP contribution in [0.2, 0.25) is 0 Å². The van der Waals surface area contributed by atoms with E-state index in [0.29, 0.717) is 5.39 Å². The number of thiophene rings is 1. The van der Waals surface area contributed by atoms with E-state index in [-0.39, 0.29) is 15.6 Å². The van der Waals surface area contributed by atoms with Crippen molar-refractivity contribution < 1.29 is 13.2 Å². The van der Waals surface area contributed by atoms with E-state index < -0.39 is 10.0 Å². The summed E-state index contributed by atoms with van der Waals surface area (Å²) in [6.07, 6.45) is 0. The molecule has 1 heterocycles. The zero-order chi connectivity index (χ0) is 14.4. The molecule has 0 aliphatic heterocycles. The Morgan fingerprint density at radius 3 is 2.42 bits per heavy atom. The first-order valence-electron chi connectivity index (χ1n) is 5.49. The minimum atomic E-state index is -3.93. The number of nitrogens with two attached hydrogens (primary N) is 1. The van der Waals surface area contributed by atoms with E-state index in [2.05, 4.69) is 0 Å². The van der Waals surface area contributed by atoms with E-state index >= 15 is 0 Å². The molecule has 0 aliphatic carbocycles. The fraction of sp³-hybridized carbons (Fsp3) is 0.250. The van der Waals surface area contributed by atoms with E-state index in [1.54, 1.807) is 12.1 Å². The number of carbonyl (C=O) groups is 1. The maximum Gasteiger partial charge on any atom is 0.240 e. The maximum absolute atomic E-state index is 11.7. The zero-order valence-electron chi connectivity index (χ0n) is 10.8. The fourth-order valence-electron chi connectivity index (χ4n) is 1.86. The first kappa shape index (κ1) is 14.0. The monoisotopic (exact) mass is 298 g/mol. The number of Topliss-reactive ketones (excluding diaryl/α,β-unsaturated/α-hetero) is 1. The van der Waals surface area contributed by atoms with Crippen molar-refractivity contribution in [3.05, 3.63) is 23.1 Å². The lowest BCUT2D eigenvalue weighted by atomic mass is 10.2. The molecule has 2 rings (SSSR count). The van der Waals surface area contributed by atoms with Crippen LogP contribution >= 0.6 is 11.3 Å². The summed E-state index contributed by atoms with van der Waals surface area (Å²) in [6.45, 7) is 1.34. The Balaban J connectivity index is 2.90. The highest BCUT2D eigenvalue weighted by Gasteiger charge is 2.24. The van der Waals surface area contributed by atoms with Crippen molar-refractivity contribution in [1.29, 1.82) is 0 Å². The third-order valence-electron chi connectivity index (χ3n) is 2.75. The number of anilines is 1. The van der Waals surface area contributed by atoms with Crippen LogP contribution in [0, 0.1) is 0 Å². The van der Waals surface area contributed by atoms with Gasteiger partial charge in [0.2, 0.25) is 10.0 Å². The van der Waals surface area contributed by atoms with Crippen LogP contribution in [0.4, 0.5) is 5.69 Å². The van der Waals surface area contributed by atoms with Gasteiger partial charge in [-0.3, -0.25) is 4.79 Å². The normalized spacial score (nSPS) is 11.8. The lowest BCUT2D eigenvalue weighted by molar-refractivity contribution is 0.101. The summed E-state index contributed by atoms with van der Waals surface area (Å²) in [5, 5.41) is 5.75. The van der Waals surface area contributed by atoms with E-state index in [0.717, 1.165) is 21.7 Å². The lowest BCUT2D eigenvalue weighted by Crippen LogP contribution is -2.14. The van der Waals surface area contributed by atoms with E-state index in [9.17, 15) is 13.2 Å². The van der Waals surface area contributed by atoms with E-state index in [1.807, 2.05) is 25.1 Å². The summed E-state index contributed by atoms with van der Waals surface area (Å²) in [7, 11) is -0.219. The van der Waals surface area contributed by atoms with Gasteiger partial charge < -0.3 is 4.90 Å². The Kier molecular flexibility index (Phi) is 3.38. The molecule has 7 heteroatoms. The molecule has 0 radical (unpaired) electrons. The average Bonchev–Trinajstić information content (AvgIpc) is 2.66. The average molecular weight is 298 g/mol. The van der Waals surface area contributed by atoms with Crippen molar-refractivity contribution in [3.8, 4) is 0 Å². The first-order chi connectivity index (χ1) is 8.71. The fourth-order valence-corrected chi connectivity index (χ4v) is 4.24. The number of fused-ring (bicyclic) bond motifs is 1. The molecule has 0 spiro atoms. The van der Waals surface area contributed by atoms with Gasteiger partial charge in [0.05, 0.1) is 4.88 Å². The van der Waals surface area contributed by atoms with Crippen LogP contribution in [0.3, 0.4) is 0 Å². The zero-order valence-corrected chi connectivity index (χ0v) is 12.4. The molecule has 2 aromatic rings. The molecule has 0 fully saturated rings. The number of hydrogen-bond donors (Lipinski definition) is 1. The Morgan fingerprint density at radius 2 is 1.95 bits per heavy atom. The molecule has 0 saturated carbocycles. The summed E-state index contributed by atoms with van der Waals surface area (Å²) in [5.41, 5.74) is 0.852. The van der Waals surface area contributed by atoms with E-state index in [4.69, 9.17) is 5.14 Å². The smallest absolute Gasteiger partial charge is 0.240 e. The van der Waals surface area contributed by atoms with Crippen LogP contribution in [-0.2, 0) is 10.0 Å². The summed E-state index contributed by atoms with van der Waals surface area (Å²) in [6, 6.07) is 5.41. The van der Waals surface area contributed by atoms with E-state index in [1.165, 1.54) is 6.92 Å². The minimum absolute atomic E-state index is 0.0660. The molecule has 0 aliphatic rings. The van der Waals surface area contributed by atoms with Crippen LogP contribution in [-0.4, -0.2) is 28.3 Å². The van der Waals surface area contributed by atoms with Crippen molar-refractivity contribution >= 4 is 42.9 Å². The number of benzene rings is 1. The predicted octanol–water partition coefficient (Wildman–Crippen LogP) is 1.82. The molecule has 0 bridgehead atoms. The Bertz CT molecular complexity index is 761. The summed E-state index contributed by atoms with van der Waals surface area (Å²) in [4.78, 5) is 13.6. The Hall–Kier alpha value is -1.44.